The van der Waals surface area contributed by atoms with Gasteiger partial charge in [0.05, 0.1) is 5.92 Å². The zero-order valence-corrected chi connectivity index (χ0v) is 11.5. The van der Waals surface area contributed by atoms with Crippen molar-refractivity contribution < 1.29 is 14.6 Å². The highest BCUT2D eigenvalue weighted by molar-refractivity contribution is 5.76. The van der Waals surface area contributed by atoms with Crippen LogP contribution in [0.15, 0.2) is 24.3 Å². The van der Waals surface area contributed by atoms with Crippen molar-refractivity contribution in [2.24, 2.45) is 0 Å². The Hall–Kier alpha value is -1.55. The van der Waals surface area contributed by atoms with Crippen molar-refractivity contribution in [1.82, 2.24) is 4.90 Å². The van der Waals surface area contributed by atoms with E-state index in [0.29, 0.717) is 5.75 Å². The molecule has 0 amide bonds. The highest BCUT2D eigenvalue weighted by Crippen LogP contribution is 2.28. The monoisotopic (exact) mass is 263 g/mol. The number of carbonyl (C=O) groups is 1. The first-order valence-corrected chi connectivity index (χ1v) is 6.75. The van der Waals surface area contributed by atoms with Crippen molar-refractivity contribution in [1.29, 1.82) is 0 Å². The van der Waals surface area contributed by atoms with Crippen molar-refractivity contribution in [3.8, 4) is 5.75 Å². The Morgan fingerprint density at radius 3 is 2.89 bits per heavy atom. The highest BCUT2D eigenvalue weighted by Gasteiger charge is 2.22. The lowest BCUT2D eigenvalue weighted by molar-refractivity contribution is -0.138. The summed E-state index contributed by atoms with van der Waals surface area (Å²) >= 11 is 0. The maximum atomic E-state index is 11.1. The molecule has 4 heteroatoms. The number of nitrogens with zero attached hydrogens (tertiary/aromatic N) is 1. The van der Waals surface area contributed by atoms with Gasteiger partial charge in [-0.25, -0.2) is 0 Å². The molecule has 2 unspecified atom stereocenters. The summed E-state index contributed by atoms with van der Waals surface area (Å²) in [5.74, 6) is -0.660. The number of hydrogen-bond donors (Lipinski definition) is 1. The van der Waals surface area contributed by atoms with E-state index in [1.54, 1.807) is 6.92 Å². The van der Waals surface area contributed by atoms with Crippen LogP contribution in [-0.2, 0) is 4.79 Å². The predicted octanol–water partition coefficient (Wildman–Crippen LogP) is 2.35. The van der Waals surface area contributed by atoms with Crippen LogP contribution in [0.2, 0.25) is 0 Å². The van der Waals surface area contributed by atoms with Crippen molar-refractivity contribution in [3.05, 3.63) is 29.8 Å². The van der Waals surface area contributed by atoms with Gasteiger partial charge in [0.15, 0.2) is 0 Å². The molecular weight excluding hydrogens is 242 g/mol. The average Bonchev–Trinajstić information content (AvgIpc) is 2.38. The van der Waals surface area contributed by atoms with E-state index in [0.717, 1.165) is 31.5 Å². The molecule has 104 valence electrons. The molecule has 2 rings (SSSR count). The summed E-state index contributed by atoms with van der Waals surface area (Å²) in [6.45, 7) is 3.69. The largest absolute Gasteiger partial charge is 0.489 e. The molecule has 0 bridgehead atoms. The van der Waals surface area contributed by atoms with E-state index in [1.165, 1.54) is 0 Å². The Morgan fingerprint density at radius 1 is 1.47 bits per heavy atom. The van der Waals surface area contributed by atoms with Crippen LogP contribution < -0.4 is 4.74 Å². The summed E-state index contributed by atoms with van der Waals surface area (Å²) in [7, 11) is 2.08. The minimum Gasteiger partial charge on any atom is -0.489 e. The van der Waals surface area contributed by atoms with Gasteiger partial charge < -0.3 is 14.7 Å². The fourth-order valence-electron chi connectivity index (χ4n) is 2.47. The molecule has 1 aromatic rings. The van der Waals surface area contributed by atoms with E-state index >= 15 is 0 Å². The normalized spacial score (nSPS) is 21.9. The highest BCUT2D eigenvalue weighted by atomic mass is 16.5. The number of carboxylic acids is 1. The Bertz CT molecular complexity index is 447. The van der Waals surface area contributed by atoms with Gasteiger partial charge in [0.2, 0.25) is 0 Å². The van der Waals surface area contributed by atoms with Crippen LogP contribution in [0.4, 0.5) is 0 Å². The predicted molar refractivity (Wildman–Crippen MR) is 73.6 cm³/mol. The molecule has 0 spiro atoms. The molecule has 1 aliphatic heterocycles. The molecule has 4 nitrogen and oxygen atoms in total. The maximum Gasteiger partial charge on any atom is 0.310 e. The summed E-state index contributed by atoms with van der Waals surface area (Å²) in [4.78, 5) is 13.4. The van der Waals surface area contributed by atoms with Crippen LogP contribution in [0.1, 0.15) is 31.2 Å². The molecule has 1 aliphatic rings. The van der Waals surface area contributed by atoms with Crippen LogP contribution >= 0.6 is 0 Å². The Morgan fingerprint density at radius 2 is 2.21 bits per heavy atom. The molecule has 1 saturated heterocycles. The summed E-state index contributed by atoms with van der Waals surface area (Å²) in [5, 5.41) is 9.14. The van der Waals surface area contributed by atoms with E-state index in [2.05, 4.69) is 11.9 Å². The third-order valence-corrected chi connectivity index (χ3v) is 3.63. The van der Waals surface area contributed by atoms with Crippen molar-refractivity contribution in [2.45, 2.75) is 31.8 Å². The fourth-order valence-corrected chi connectivity index (χ4v) is 2.47. The SMILES string of the molecule is CC(C(=O)O)c1ccccc1OC1CCCN(C)C1. The van der Waals surface area contributed by atoms with Gasteiger partial charge in [-0.1, -0.05) is 18.2 Å². The second kappa shape index (κ2) is 6.06. The minimum absolute atomic E-state index is 0.154. The lowest BCUT2D eigenvalue weighted by Gasteiger charge is -2.30. The number of likely N-dealkylation sites (N-methyl/N-ethyl adjacent to an activating group) is 1. The topological polar surface area (TPSA) is 49.8 Å². The Balaban J connectivity index is 2.13. The van der Waals surface area contributed by atoms with E-state index in [4.69, 9.17) is 9.84 Å². The maximum absolute atomic E-state index is 11.1. The van der Waals surface area contributed by atoms with Crippen LogP contribution in [-0.4, -0.2) is 42.2 Å². The lowest BCUT2D eigenvalue weighted by atomic mass is 10.00. The first-order chi connectivity index (χ1) is 9.08. The molecule has 1 fully saturated rings. The number of aliphatic carboxylic acids is 1. The number of carboxylic acid groups (broad SMARTS) is 1. The molecule has 1 heterocycles. The molecule has 0 saturated carbocycles. The van der Waals surface area contributed by atoms with Gasteiger partial charge in [-0.3, -0.25) is 4.79 Å². The Labute approximate surface area is 114 Å². The van der Waals surface area contributed by atoms with Gasteiger partial charge in [0.1, 0.15) is 11.9 Å². The number of likely N-dealkylation sites (tertiary alicyclic amines) is 1. The van der Waals surface area contributed by atoms with Crippen LogP contribution in [0.3, 0.4) is 0 Å². The average molecular weight is 263 g/mol. The van der Waals surface area contributed by atoms with E-state index in [1.807, 2.05) is 24.3 Å². The first-order valence-electron chi connectivity index (χ1n) is 6.75. The van der Waals surface area contributed by atoms with Crippen molar-refractivity contribution in [2.75, 3.05) is 20.1 Å². The van der Waals surface area contributed by atoms with Crippen molar-refractivity contribution in [3.63, 3.8) is 0 Å². The Kier molecular flexibility index (Phi) is 4.43. The van der Waals surface area contributed by atoms with E-state index in [9.17, 15) is 4.79 Å². The summed E-state index contributed by atoms with van der Waals surface area (Å²) in [5.41, 5.74) is 0.753. The van der Waals surface area contributed by atoms with Gasteiger partial charge in [0.25, 0.3) is 0 Å². The van der Waals surface area contributed by atoms with E-state index < -0.39 is 11.9 Å². The first kappa shape index (κ1) is 13.9. The fraction of sp³-hybridized carbons (Fsp3) is 0.533. The second-order valence-electron chi connectivity index (χ2n) is 5.24. The third-order valence-electron chi connectivity index (χ3n) is 3.63. The zero-order chi connectivity index (χ0) is 13.8. The molecule has 19 heavy (non-hydrogen) atoms. The summed E-state index contributed by atoms with van der Waals surface area (Å²) < 4.78 is 6.02. The van der Waals surface area contributed by atoms with E-state index in [-0.39, 0.29) is 6.10 Å². The number of ether oxygens (including phenoxy) is 1. The number of para-hydroxylation sites is 1. The quantitative estimate of drug-likeness (QED) is 0.906. The number of benzene rings is 1. The summed E-state index contributed by atoms with van der Waals surface area (Å²) in [6, 6.07) is 7.44. The number of piperidine rings is 1. The second-order valence-corrected chi connectivity index (χ2v) is 5.24. The number of hydrogen-bond acceptors (Lipinski definition) is 3. The number of rotatable bonds is 4. The molecule has 0 radical (unpaired) electrons. The van der Waals surface area contributed by atoms with Crippen LogP contribution in [0.5, 0.6) is 5.75 Å². The summed E-state index contributed by atoms with van der Waals surface area (Å²) in [6.07, 6.45) is 2.30. The molecule has 1 N–H and O–H groups in total. The van der Waals surface area contributed by atoms with Gasteiger partial charge >= 0.3 is 5.97 Å². The molecule has 1 aromatic carbocycles. The smallest absolute Gasteiger partial charge is 0.310 e. The molecule has 0 aromatic heterocycles. The van der Waals surface area contributed by atoms with Gasteiger partial charge in [-0.15, -0.1) is 0 Å². The van der Waals surface area contributed by atoms with Gasteiger partial charge in [0, 0.05) is 12.1 Å². The zero-order valence-electron chi connectivity index (χ0n) is 11.5. The van der Waals surface area contributed by atoms with Crippen LogP contribution in [0.25, 0.3) is 0 Å². The molecular formula is C15H21NO3. The van der Waals surface area contributed by atoms with Crippen molar-refractivity contribution >= 4 is 5.97 Å². The van der Waals surface area contributed by atoms with Gasteiger partial charge in [-0.05, 0) is 39.4 Å². The molecule has 0 aliphatic carbocycles. The van der Waals surface area contributed by atoms with Crippen LogP contribution in [0, 0.1) is 0 Å². The standard InChI is InChI=1S/C15H21NO3/c1-11(15(17)18)13-7-3-4-8-14(13)19-12-6-5-9-16(2)10-12/h3-4,7-8,11-12H,5-6,9-10H2,1-2H3,(H,17,18). The molecule has 2 atom stereocenters. The lowest BCUT2D eigenvalue weighted by Crippen LogP contribution is -2.38. The van der Waals surface area contributed by atoms with Gasteiger partial charge in [-0.2, -0.15) is 0 Å². The minimum atomic E-state index is -0.822. The third kappa shape index (κ3) is 3.47.